The molecule has 0 bridgehead atoms. The lowest BCUT2D eigenvalue weighted by molar-refractivity contribution is -0.654. The molecule has 11 radical (unpaired) electrons. The van der Waals surface area contributed by atoms with E-state index in [2.05, 4.69) is 67.9 Å². The summed E-state index contributed by atoms with van der Waals surface area (Å²) in [7, 11) is 34.3. The van der Waals surface area contributed by atoms with Crippen LogP contribution in [0.15, 0.2) is 42.6 Å². The van der Waals surface area contributed by atoms with Gasteiger partial charge in [-0.2, -0.15) is 0 Å². The van der Waals surface area contributed by atoms with E-state index in [0.717, 1.165) is 6.42 Å². The van der Waals surface area contributed by atoms with E-state index in [9.17, 15) is 0 Å². The fraction of sp³-hybridized carbons (Fsp3) is 0.421. The Morgan fingerprint density at radius 1 is 1.10 bits per heavy atom. The second-order valence-electron chi connectivity index (χ2n) is 9.33. The second kappa shape index (κ2) is 9.25. The summed E-state index contributed by atoms with van der Waals surface area (Å²) in [5, 5.41) is -0.458. The first-order valence-corrected chi connectivity index (χ1v) is 10.8. The minimum atomic E-state index is -0.612. The van der Waals surface area contributed by atoms with Gasteiger partial charge >= 0.3 is 0 Å². The van der Waals surface area contributed by atoms with Crippen LogP contribution in [-0.2, 0) is 13.5 Å². The van der Waals surface area contributed by atoms with Crippen molar-refractivity contribution in [3.05, 3.63) is 48.2 Å². The van der Waals surface area contributed by atoms with E-state index in [-0.39, 0.29) is 19.0 Å². The average molecular weight is 374 g/mol. The number of nitrogens with zero attached hydrogens (tertiary/aromatic N) is 1. The number of pyridine rings is 1. The Hall–Kier alpha value is -0.981. The number of rotatable bonds is 8. The summed E-state index contributed by atoms with van der Waals surface area (Å²) in [5.74, 6) is 0.858. The highest BCUT2D eigenvalue weighted by Crippen LogP contribution is 2.64. The van der Waals surface area contributed by atoms with Gasteiger partial charge in [-0.1, -0.05) is 50.9 Å². The number of hydrogen-bond acceptors (Lipinski definition) is 0. The molecule has 3 rings (SSSR count). The molecule has 1 fully saturated rings. The Morgan fingerprint density at radius 3 is 2.23 bits per heavy atom. The molecule has 2 heterocycles. The first-order chi connectivity index (χ1) is 14.1. The molecular formula is C19H23B10N+. The summed E-state index contributed by atoms with van der Waals surface area (Å²) in [6.07, 6.45) is 2.56. The van der Waals surface area contributed by atoms with Crippen molar-refractivity contribution in [2.75, 3.05) is 0 Å². The molecule has 1 nitrogen and oxygen atoms in total. The zero-order chi connectivity index (χ0) is 22.2. The molecule has 0 saturated carbocycles. The fourth-order valence-corrected chi connectivity index (χ4v) is 5.38. The van der Waals surface area contributed by atoms with E-state index in [1.54, 1.807) is 7.06 Å². The summed E-state index contributed by atoms with van der Waals surface area (Å²) in [5.41, 5.74) is 4.89. The Morgan fingerprint density at radius 2 is 1.73 bits per heavy atom. The van der Waals surface area contributed by atoms with E-state index >= 15 is 0 Å². The fourth-order valence-electron chi connectivity index (χ4n) is 5.38. The van der Waals surface area contributed by atoms with Crippen molar-refractivity contribution in [3.8, 4) is 11.1 Å². The zero-order valence-corrected chi connectivity index (χ0v) is 18.6. The van der Waals surface area contributed by atoms with Crippen molar-refractivity contribution in [2.45, 2.75) is 38.1 Å². The molecule has 1 aliphatic rings. The summed E-state index contributed by atoms with van der Waals surface area (Å²) in [6, 6.07) is 13.2. The van der Waals surface area contributed by atoms with Crippen molar-refractivity contribution >= 4 is 77.4 Å². The number of benzene rings is 1. The molecule has 1 aromatic carbocycles. The molecule has 2 atom stereocenters. The second-order valence-corrected chi connectivity index (χ2v) is 9.33. The van der Waals surface area contributed by atoms with Crippen LogP contribution in [0.2, 0.25) is 10.9 Å². The van der Waals surface area contributed by atoms with Gasteiger partial charge in [-0.3, -0.25) is 0 Å². The van der Waals surface area contributed by atoms with Crippen LogP contribution in [0.5, 0.6) is 0 Å². The van der Waals surface area contributed by atoms with Crippen molar-refractivity contribution in [2.24, 2.45) is 13.0 Å². The van der Waals surface area contributed by atoms with Crippen LogP contribution in [0.4, 0.5) is 0 Å². The van der Waals surface area contributed by atoms with Gasteiger partial charge in [0.2, 0.25) is 0 Å². The van der Waals surface area contributed by atoms with Crippen molar-refractivity contribution in [1.82, 2.24) is 0 Å². The van der Waals surface area contributed by atoms with Gasteiger partial charge in [0, 0.05) is 77.3 Å². The van der Waals surface area contributed by atoms with Gasteiger partial charge in [0.1, 0.15) is 12.6 Å². The predicted molar refractivity (Wildman–Crippen MR) is 141 cm³/mol. The molecule has 2 aromatic rings. The van der Waals surface area contributed by atoms with E-state index in [0.29, 0.717) is 5.92 Å². The largest absolute Gasteiger partial charge is 0.251 e. The lowest BCUT2D eigenvalue weighted by Crippen LogP contribution is -2.59. The van der Waals surface area contributed by atoms with Crippen LogP contribution in [0.3, 0.4) is 0 Å². The van der Waals surface area contributed by atoms with Crippen molar-refractivity contribution in [3.63, 3.8) is 0 Å². The highest BCUT2D eigenvalue weighted by molar-refractivity contribution is 7.76. The van der Waals surface area contributed by atoms with Crippen LogP contribution in [0.25, 0.3) is 11.1 Å². The maximum Gasteiger partial charge on any atom is 0.251 e. The lowest BCUT2D eigenvalue weighted by Gasteiger charge is -2.33. The van der Waals surface area contributed by atoms with Crippen LogP contribution in [0, 0.1) is 5.92 Å². The molecule has 11 heteroatoms. The van der Waals surface area contributed by atoms with Crippen LogP contribution in [0.1, 0.15) is 26.3 Å². The van der Waals surface area contributed by atoms with Gasteiger partial charge in [0.05, 0.1) is 0 Å². The summed E-state index contributed by atoms with van der Waals surface area (Å²) in [6.45, 7) is 5.92. The smallest absolute Gasteiger partial charge is 0.215 e. The molecule has 1 aliphatic heterocycles. The SMILES string of the molecule is [B][B]B(B([B])[B])C1(B([B])[B])B(c2cc(-c3ccc(CC(C)C)cc3)cc[n+]2C)C1C. The molecule has 1 aromatic heterocycles. The van der Waals surface area contributed by atoms with Gasteiger partial charge in [-0.05, 0) is 29.0 Å². The molecular weight excluding hydrogens is 350 g/mol. The van der Waals surface area contributed by atoms with E-state index in [1.165, 1.54) is 22.3 Å². The minimum absolute atomic E-state index is 0.127. The molecule has 0 aliphatic carbocycles. The first-order valence-electron chi connectivity index (χ1n) is 10.8. The van der Waals surface area contributed by atoms with Gasteiger partial charge in [0.25, 0.3) is 6.71 Å². The molecule has 2 unspecified atom stereocenters. The minimum Gasteiger partial charge on any atom is -0.215 e. The maximum atomic E-state index is 6.30. The van der Waals surface area contributed by atoms with Gasteiger partial charge in [-0.15, -0.1) is 5.11 Å². The first kappa shape index (κ1) is 23.7. The number of aryl methyl sites for hydroxylation is 1. The predicted octanol–water partition coefficient (Wildman–Crippen LogP) is -0.191. The van der Waals surface area contributed by atoms with Crippen LogP contribution < -0.4 is 10.2 Å². The molecule has 0 amide bonds. The molecule has 30 heavy (non-hydrogen) atoms. The van der Waals surface area contributed by atoms with Gasteiger partial charge < -0.3 is 0 Å². The topological polar surface area (TPSA) is 3.88 Å². The summed E-state index contributed by atoms with van der Waals surface area (Å²) >= 11 is 0. The third-order valence-electron chi connectivity index (χ3n) is 6.93. The van der Waals surface area contributed by atoms with Crippen molar-refractivity contribution in [1.29, 1.82) is 0 Å². The van der Waals surface area contributed by atoms with E-state index in [1.807, 2.05) is 7.05 Å². The highest BCUT2D eigenvalue weighted by Gasteiger charge is 2.71. The summed E-state index contributed by atoms with van der Waals surface area (Å²) in [4.78, 5) is 0. The Labute approximate surface area is 192 Å². The molecule has 0 spiro atoms. The van der Waals surface area contributed by atoms with E-state index < -0.39 is 18.0 Å². The molecule has 133 valence electrons. The summed E-state index contributed by atoms with van der Waals surface area (Å²) < 4.78 is 2.14. The lowest BCUT2D eigenvalue weighted by atomic mass is 8.73. The highest BCUT2D eigenvalue weighted by atomic mass is 14.9. The third kappa shape index (κ3) is 4.20. The monoisotopic (exact) mass is 375 g/mol. The Balaban J connectivity index is 1.98. The standard InChI is InChI=1S/C19H23B10N/c1-13(2)11-15-5-7-16(8-6-15)17-9-10-30(4)18(12-17)26-14(3)19(26,27(21)22)28(25-20)29(23)24/h5-10,12-14H,11H2,1-4H3/q+1. The van der Waals surface area contributed by atoms with Crippen molar-refractivity contribution < 1.29 is 4.57 Å². The molecule has 0 N–H and O–H groups in total. The zero-order valence-electron chi connectivity index (χ0n) is 18.6. The van der Waals surface area contributed by atoms with Crippen LogP contribution in [-0.4, -0.2) is 71.8 Å². The normalized spacial score (nSPS) is 20.2. The van der Waals surface area contributed by atoms with Crippen LogP contribution >= 0.6 is 0 Å². The maximum absolute atomic E-state index is 6.30. The molecule has 1 saturated heterocycles. The van der Waals surface area contributed by atoms with Gasteiger partial charge in [-0.25, -0.2) is 4.57 Å². The third-order valence-corrected chi connectivity index (χ3v) is 6.93. The number of hydrogen-bond donors (Lipinski definition) is 0. The van der Waals surface area contributed by atoms with Gasteiger partial charge in [0.15, 0.2) is 6.20 Å². The average Bonchev–Trinajstić information content (AvgIpc) is 3.28. The number of aromatic nitrogens is 1. The Bertz CT molecular complexity index is 872. The quantitative estimate of drug-likeness (QED) is 0.446. The Kier molecular flexibility index (Phi) is 7.30. The van der Waals surface area contributed by atoms with E-state index in [4.69, 9.17) is 38.7 Å².